The topological polar surface area (TPSA) is 77.6 Å². The zero-order chi connectivity index (χ0) is 16.2. The highest BCUT2D eigenvalue weighted by Gasteiger charge is 2.09. The van der Waals surface area contributed by atoms with Crippen LogP contribution in [0.4, 0.5) is 0 Å². The maximum Gasteiger partial charge on any atom is 0.221 e. The molecule has 1 N–H and O–H groups in total. The number of aryl methyl sites for hydroxylation is 2. The Morgan fingerprint density at radius 1 is 1.35 bits per heavy atom. The first kappa shape index (κ1) is 15.2. The van der Waals surface area contributed by atoms with Gasteiger partial charge in [0, 0.05) is 19.2 Å². The third kappa shape index (κ3) is 3.56. The van der Waals surface area contributed by atoms with Crippen LogP contribution in [-0.2, 0) is 11.3 Å². The van der Waals surface area contributed by atoms with E-state index in [4.69, 9.17) is 0 Å². The molecule has 7 heteroatoms. The summed E-state index contributed by atoms with van der Waals surface area (Å²) in [4.78, 5) is 12.0. The van der Waals surface area contributed by atoms with Crippen LogP contribution < -0.4 is 5.32 Å². The predicted molar refractivity (Wildman–Crippen MR) is 86.8 cm³/mol. The summed E-state index contributed by atoms with van der Waals surface area (Å²) < 4.78 is 3.62. The number of hydrogen-bond acceptors (Lipinski definition) is 4. The van der Waals surface area contributed by atoms with Crippen LogP contribution >= 0.6 is 0 Å². The number of carbonyl (C=O) groups excluding carboxylic acids is 1. The van der Waals surface area contributed by atoms with Crippen molar-refractivity contribution in [1.29, 1.82) is 0 Å². The number of benzene rings is 1. The Kier molecular flexibility index (Phi) is 4.36. The van der Waals surface area contributed by atoms with E-state index >= 15 is 0 Å². The van der Waals surface area contributed by atoms with Gasteiger partial charge in [0.15, 0.2) is 0 Å². The summed E-state index contributed by atoms with van der Waals surface area (Å²) in [7, 11) is 0. The molecule has 0 spiro atoms. The quantitative estimate of drug-likeness (QED) is 0.751. The highest BCUT2D eigenvalue weighted by molar-refractivity contribution is 5.77. The number of rotatable bonds is 6. The van der Waals surface area contributed by atoms with Gasteiger partial charge in [-0.3, -0.25) is 9.48 Å². The summed E-state index contributed by atoms with van der Waals surface area (Å²) in [6.07, 6.45) is 4.16. The van der Waals surface area contributed by atoms with Gasteiger partial charge in [-0.2, -0.15) is 5.10 Å². The molecule has 0 aliphatic carbocycles. The summed E-state index contributed by atoms with van der Waals surface area (Å²) in [6.45, 7) is 5.09. The lowest BCUT2D eigenvalue weighted by Gasteiger charge is -2.13. The van der Waals surface area contributed by atoms with E-state index in [0.717, 1.165) is 16.6 Å². The van der Waals surface area contributed by atoms with Gasteiger partial charge >= 0.3 is 0 Å². The predicted octanol–water partition coefficient (Wildman–Crippen LogP) is 1.70. The highest BCUT2D eigenvalue weighted by Crippen LogP contribution is 2.10. The Bertz CT molecular complexity index is 806. The van der Waals surface area contributed by atoms with E-state index in [2.05, 4.69) is 20.7 Å². The van der Waals surface area contributed by atoms with Crippen molar-refractivity contribution in [2.45, 2.75) is 32.9 Å². The van der Waals surface area contributed by atoms with Gasteiger partial charge in [0.1, 0.15) is 5.52 Å². The van der Waals surface area contributed by atoms with Crippen LogP contribution in [0, 0.1) is 6.92 Å². The lowest BCUT2D eigenvalue weighted by molar-refractivity contribution is -0.121. The van der Waals surface area contributed by atoms with Crippen LogP contribution in [0.5, 0.6) is 0 Å². The average molecular weight is 312 g/mol. The summed E-state index contributed by atoms with van der Waals surface area (Å²) in [6, 6.07) is 7.85. The van der Waals surface area contributed by atoms with Crippen molar-refractivity contribution in [3.63, 3.8) is 0 Å². The van der Waals surface area contributed by atoms with E-state index in [-0.39, 0.29) is 11.9 Å². The second kappa shape index (κ2) is 6.60. The summed E-state index contributed by atoms with van der Waals surface area (Å²) in [5, 5.41) is 15.4. The summed E-state index contributed by atoms with van der Waals surface area (Å²) in [5.41, 5.74) is 2.90. The van der Waals surface area contributed by atoms with Crippen LogP contribution in [0.1, 0.15) is 24.9 Å². The number of nitrogens with zero attached hydrogens (tertiary/aromatic N) is 5. The third-order valence-electron chi connectivity index (χ3n) is 3.75. The van der Waals surface area contributed by atoms with Gasteiger partial charge < -0.3 is 5.32 Å². The fourth-order valence-electron chi connectivity index (χ4n) is 2.41. The van der Waals surface area contributed by atoms with Crippen molar-refractivity contribution in [3.8, 4) is 0 Å². The Balaban J connectivity index is 1.50. The molecule has 1 amide bonds. The van der Waals surface area contributed by atoms with Gasteiger partial charge in [0.2, 0.25) is 5.91 Å². The molecule has 1 unspecified atom stereocenters. The Labute approximate surface area is 134 Å². The average Bonchev–Trinajstić information content (AvgIpc) is 3.17. The minimum atomic E-state index is 0.000286. The van der Waals surface area contributed by atoms with Crippen LogP contribution in [0.25, 0.3) is 11.0 Å². The van der Waals surface area contributed by atoms with Crippen molar-refractivity contribution in [1.82, 2.24) is 30.1 Å². The lowest BCUT2D eigenvalue weighted by atomic mass is 10.3. The fourth-order valence-corrected chi connectivity index (χ4v) is 2.41. The molecule has 2 heterocycles. The number of nitrogens with one attached hydrogen (secondary N) is 1. The van der Waals surface area contributed by atoms with Crippen LogP contribution in [-0.4, -0.2) is 37.2 Å². The molecule has 0 aliphatic heterocycles. The molecule has 0 saturated carbocycles. The number of fused-ring (bicyclic) bond motifs is 1. The molecule has 23 heavy (non-hydrogen) atoms. The van der Waals surface area contributed by atoms with E-state index in [1.54, 1.807) is 4.68 Å². The van der Waals surface area contributed by atoms with E-state index in [1.165, 1.54) is 0 Å². The van der Waals surface area contributed by atoms with Gasteiger partial charge in [-0.25, -0.2) is 4.68 Å². The standard InChI is InChI=1S/C16H20N6O/c1-12-9-18-22(11-12)13(2)10-17-16(23)7-8-21-15-6-4-3-5-14(15)19-20-21/h3-6,9,11,13H,7-8,10H2,1-2H3,(H,17,23). The molecule has 120 valence electrons. The largest absolute Gasteiger partial charge is 0.354 e. The molecule has 3 aromatic rings. The minimum Gasteiger partial charge on any atom is -0.354 e. The number of para-hydroxylation sites is 1. The van der Waals surface area contributed by atoms with Crippen molar-refractivity contribution >= 4 is 16.9 Å². The van der Waals surface area contributed by atoms with Gasteiger partial charge in [0.25, 0.3) is 0 Å². The summed E-state index contributed by atoms with van der Waals surface area (Å²) in [5.74, 6) is 0.000286. The SMILES string of the molecule is Cc1cnn(C(C)CNC(=O)CCn2nnc3ccccc32)c1. The number of aromatic nitrogens is 5. The maximum absolute atomic E-state index is 12.0. The van der Waals surface area contributed by atoms with E-state index < -0.39 is 0 Å². The van der Waals surface area contributed by atoms with Gasteiger partial charge in [-0.05, 0) is 31.5 Å². The molecule has 0 radical (unpaired) electrons. The Morgan fingerprint density at radius 2 is 2.17 bits per heavy atom. The van der Waals surface area contributed by atoms with Crippen LogP contribution in [0.2, 0.25) is 0 Å². The normalized spacial score (nSPS) is 12.4. The first-order chi connectivity index (χ1) is 11.1. The molecular formula is C16H20N6O. The van der Waals surface area contributed by atoms with Crippen molar-refractivity contribution in [2.75, 3.05) is 6.54 Å². The smallest absolute Gasteiger partial charge is 0.221 e. The molecule has 0 saturated heterocycles. The summed E-state index contributed by atoms with van der Waals surface area (Å²) >= 11 is 0. The first-order valence-electron chi connectivity index (χ1n) is 7.69. The van der Waals surface area contributed by atoms with Crippen LogP contribution in [0.3, 0.4) is 0 Å². The van der Waals surface area contributed by atoms with Gasteiger partial charge in [-0.15, -0.1) is 5.10 Å². The monoisotopic (exact) mass is 312 g/mol. The molecular weight excluding hydrogens is 292 g/mol. The molecule has 0 fully saturated rings. The van der Waals surface area contributed by atoms with Crippen molar-refractivity contribution < 1.29 is 4.79 Å². The third-order valence-corrected chi connectivity index (χ3v) is 3.75. The molecule has 1 atom stereocenters. The zero-order valence-electron chi connectivity index (χ0n) is 13.3. The van der Waals surface area contributed by atoms with E-state index in [1.807, 2.05) is 55.2 Å². The maximum atomic E-state index is 12.0. The molecule has 7 nitrogen and oxygen atoms in total. The fraction of sp³-hybridized carbons (Fsp3) is 0.375. The van der Waals surface area contributed by atoms with Crippen molar-refractivity contribution in [3.05, 3.63) is 42.2 Å². The molecule has 0 aliphatic rings. The van der Waals surface area contributed by atoms with Gasteiger partial charge in [0.05, 0.1) is 24.3 Å². The zero-order valence-corrected chi connectivity index (χ0v) is 13.3. The number of carbonyl (C=O) groups is 1. The lowest BCUT2D eigenvalue weighted by Crippen LogP contribution is -2.30. The molecule has 1 aromatic carbocycles. The molecule has 3 rings (SSSR count). The van der Waals surface area contributed by atoms with Crippen molar-refractivity contribution in [2.24, 2.45) is 0 Å². The minimum absolute atomic E-state index is 0.000286. The Morgan fingerprint density at radius 3 is 2.96 bits per heavy atom. The van der Waals surface area contributed by atoms with Crippen LogP contribution in [0.15, 0.2) is 36.7 Å². The van der Waals surface area contributed by atoms with Gasteiger partial charge in [-0.1, -0.05) is 17.3 Å². The molecule has 0 bridgehead atoms. The number of hydrogen-bond donors (Lipinski definition) is 1. The first-order valence-corrected chi connectivity index (χ1v) is 7.69. The van der Waals surface area contributed by atoms with E-state index in [9.17, 15) is 4.79 Å². The second-order valence-corrected chi connectivity index (χ2v) is 5.70. The van der Waals surface area contributed by atoms with E-state index in [0.29, 0.717) is 19.5 Å². The second-order valence-electron chi connectivity index (χ2n) is 5.70. The molecule has 2 aromatic heterocycles. The number of amides is 1. The Hall–Kier alpha value is -2.70. The highest BCUT2D eigenvalue weighted by atomic mass is 16.1.